The summed E-state index contributed by atoms with van der Waals surface area (Å²) in [6.45, 7) is 4.58. The maximum absolute atomic E-state index is 8.86. The van der Waals surface area contributed by atoms with Crippen LogP contribution in [0.25, 0.3) is 0 Å². The Morgan fingerprint density at radius 2 is 2.08 bits per heavy atom. The van der Waals surface area contributed by atoms with Crippen molar-refractivity contribution >= 4 is 17.7 Å². The number of aliphatic hydroxyl groups excluding tert-OH is 1. The second-order valence-corrected chi connectivity index (χ2v) is 6.36. The Balaban J connectivity index is 2.61. The second kappa shape index (κ2) is 13.7. The van der Waals surface area contributed by atoms with Gasteiger partial charge in [0.1, 0.15) is 6.61 Å². The molecule has 1 aromatic rings. The van der Waals surface area contributed by atoms with Crippen LogP contribution in [0.1, 0.15) is 25.3 Å². The zero-order valence-electron chi connectivity index (χ0n) is 15.5. The van der Waals surface area contributed by atoms with Crippen molar-refractivity contribution in [3.05, 3.63) is 23.8 Å². The molecule has 142 valence electrons. The monoisotopic (exact) mass is 369 g/mol. The Morgan fingerprint density at radius 3 is 2.76 bits per heavy atom. The molecule has 25 heavy (non-hydrogen) atoms. The SMILES string of the molecule is CCNC(=NCc1ccc(OCCO)c(OC)c1)NCCCCSC. The molecular weight excluding hydrogens is 338 g/mol. The van der Waals surface area contributed by atoms with E-state index in [1.54, 1.807) is 7.11 Å². The standard InChI is InChI=1S/C18H31N3O3S/c1-4-19-18(20-9-5-6-12-25-3)21-14-15-7-8-16(24-11-10-22)17(13-15)23-2/h7-8,13,22H,4-6,9-12,14H2,1-3H3,(H2,19,20,21). The van der Waals surface area contributed by atoms with Crippen molar-refractivity contribution < 1.29 is 14.6 Å². The van der Waals surface area contributed by atoms with Gasteiger partial charge in [-0.1, -0.05) is 6.07 Å². The van der Waals surface area contributed by atoms with E-state index in [2.05, 4.69) is 28.8 Å². The highest BCUT2D eigenvalue weighted by Crippen LogP contribution is 2.28. The molecule has 0 amide bonds. The molecule has 0 saturated heterocycles. The highest BCUT2D eigenvalue weighted by atomic mass is 32.2. The predicted octanol–water partition coefficient (Wildman–Crippen LogP) is 2.26. The van der Waals surface area contributed by atoms with Crippen LogP contribution in [-0.2, 0) is 6.54 Å². The maximum Gasteiger partial charge on any atom is 0.191 e. The molecule has 0 aliphatic rings. The summed E-state index contributed by atoms with van der Waals surface area (Å²) in [5.74, 6) is 3.30. The van der Waals surface area contributed by atoms with Gasteiger partial charge in [0.2, 0.25) is 0 Å². The fourth-order valence-corrected chi connectivity index (χ4v) is 2.67. The number of benzene rings is 1. The van der Waals surface area contributed by atoms with Crippen molar-refractivity contribution in [3.8, 4) is 11.5 Å². The van der Waals surface area contributed by atoms with E-state index in [1.807, 2.05) is 30.0 Å². The Labute approximate surface area is 155 Å². The minimum Gasteiger partial charge on any atom is -0.493 e. The van der Waals surface area contributed by atoms with Crippen molar-refractivity contribution in [2.75, 3.05) is 45.4 Å². The molecule has 0 aliphatic carbocycles. The van der Waals surface area contributed by atoms with Gasteiger partial charge >= 0.3 is 0 Å². The summed E-state index contributed by atoms with van der Waals surface area (Å²) in [6, 6.07) is 5.72. The van der Waals surface area contributed by atoms with Gasteiger partial charge < -0.3 is 25.2 Å². The highest BCUT2D eigenvalue weighted by molar-refractivity contribution is 7.98. The lowest BCUT2D eigenvalue weighted by Gasteiger charge is -2.12. The van der Waals surface area contributed by atoms with Gasteiger partial charge in [0.25, 0.3) is 0 Å². The van der Waals surface area contributed by atoms with Crippen molar-refractivity contribution in [2.45, 2.75) is 26.3 Å². The first-order valence-corrected chi connectivity index (χ1v) is 10.1. The number of thioether (sulfide) groups is 1. The minimum absolute atomic E-state index is 0.0239. The number of hydrogen-bond donors (Lipinski definition) is 3. The molecule has 0 saturated carbocycles. The van der Waals surface area contributed by atoms with Crippen molar-refractivity contribution in [2.24, 2.45) is 4.99 Å². The quantitative estimate of drug-likeness (QED) is 0.298. The van der Waals surface area contributed by atoms with E-state index in [1.165, 1.54) is 12.2 Å². The third-order valence-corrected chi connectivity index (χ3v) is 4.11. The molecule has 0 heterocycles. The van der Waals surface area contributed by atoms with Crippen LogP contribution >= 0.6 is 11.8 Å². The Morgan fingerprint density at radius 1 is 1.24 bits per heavy atom. The number of aliphatic imine (C=N–C) groups is 1. The summed E-state index contributed by atoms with van der Waals surface area (Å²) in [6.07, 6.45) is 4.48. The number of unbranched alkanes of at least 4 members (excludes halogenated alkanes) is 1. The molecule has 0 spiro atoms. The van der Waals surface area contributed by atoms with Crippen LogP contribution in [0.3, 0.4) is 0 Å². The first kappa shape index (κ1) is 21.4. The molecule has 0 atom stereocenters. The van der Waals surface area contributed by atoms with E-state index in [0.717, 1.165) is 31.0 Å². The van der Waals surface area contributed by atoms with Gasteiger partial charge in [0.05, 0.1) is 20.3 Å². The molecule has 3 N–H and O–H groups in total. The fraction of sp³-hybridized carbons (Fsp3) is 0.611. The molecule has 7 heteroatoms. The molecule has 0 radical (unpaired) electrons. The molecule has 0 fully saturated rings. The molecule has 0 aromatic heterocycles. The molecule has 0 bridgehead atoms. The summed E-state index contributed by atoms with van der Waals surface area (Å²) < 4.78 is 10.8. The van der Waals surface area contributed by atoms with E-state index in [4.69, 9.17) is 14.6 Å². The van der Waals surface area contributed by atoms with Crippen LogP contribution < -0.4 is 20.1 Å². The third-order valence-electron chi connectivity index (χ3n) is 3.41. The number of rotatable bonds is 12. The van der Waals surface area contributed by atoms with Crippen LogP contribution in [0.15, 0.2) is 23.2 Å². The number of guanidine groups is 1. The molecule has 0 unspecified atom stereocenters. The van der Waals surface area contributed by atoms with Crippen molar-refractivity contribution in [1.29, 1.82) is 0 Å². The number of nitrogens with zero attached hydrogens (tertiary/aromatic N) is 1. The first-order valence-electron chi connectivity index (χ1n) is 8.66. The van der Waals surface area contributed by atoms with Gasteiger partial charge in [-0.3, -0.25) is 0 Å². The Kier molecular flexibility index (Phi) is 11.7. The molecule has 0 aliphatic heterocycles. The number of ether oxygens (including phenoxy) is 2. The lowest BCUT2D eigenvalue weighted by Crippen LogP contribution is -2.37. The number of nitrogens with one attached hydrogen (secondary N) is 2. The Hall–Kier alpha value is -1.60. The lowest BCUT2D eigenvalue weighted by atomic mass is 10.2. The zero-order chi connectivity index (χ0) is 18.3. The van der Waals surface area contributed by atoms with Crippen LogP contribution in [0.4, 0.5) is 0 Å². The van der Waals surface area contributed by atoms with Gasteiger partial charge in [0, 0.05) is 13.1 Å². The van der Waals surface area contributed by atoms with Crippen molar-refractivity contribution in [3.63, 3.8) is 0 Å². The van der Waals surface area contributed by atoms with Crippen LogP contribution in [0, 0.1) is 0 Å². The average molecular weight is 370 g/mol. The first-order chi connectivity index (χ1) is 12.2. The van der Waals surface area contributed by atoms with Gasteiger partial charge in [-0.2, -0.15) is 11.8 Å². The van der Waals surface area contributed by atoms with E-state index in [9.17, 15) is 0 Å². The number of hydrogen-bond acceptors (Lipinski definition) is 5. The van der Waals surface area contributed by atoms with Gasteiger partial charge in [-0.25, -0.2) is 4.99 Å². The van der Waals surface area contributed by atoms with Crippen LogP contribution in [0.5, 0.6) is 11.5 Å². The third kappa shape index (κ3) is 8.88. The van der Waals surface area contributed by atoms with Crippen molar-refractivity contribution in [1.82, 2.24) is 10.6 Å². The van der Waals surface area contributed by atoms with Crippen LogP contribution in [0.2, 0.25) is 0 Å². The zero-order valence-corrected chi connectivity index (χ0v) is 16.3. The molecule has 1 rings (SSSR count). The van der Waals surface area contributed by atoms with E-state index >= 15 is 0 Å². The fourth-order valence-electron chi connectivity index (χ4n) is 2.18. The highest BCUT2D eigenvalue weighted by Gasteiger charge is 2.06. The van der Waals surface area contributed by atoms with Gasteiger partial charge in [-0.05, 0) is 49.5 Å². The van der Waals surface area contributed by atoms with Gasteiger partial charge in [0.15, 0.2) is 17.5 Å². The molecule has 1 aromatic carbocycles. The summed E-state index contributed by atoms with van der Waals surface area (Å²) >= 11 is 1.88. The molecule has 6 nitrogen and oxygen atoms in total. The number of methoxy groups -OCH3 is 1. The van der Waals surface area contributed by atoms with Gasteiger partial charge in [-0.15, -0.1) is 0 Å². The topological polar surface area (TPSA) is 75.1 Å². The maximum atomic E-state index is 8.86. The smallest absolute Gasteiger partial charge is 0.191 e. The van der Waals surface area contributed by atoms with E-state index in [-0.39, 0.29) is 13.2 Å². The second-order valence-electron chi connectivity index (χ2n) is 5.38. The summed E-state index contributed by atoms with van der Waals surface area (Å²) in [4.78, 5) is 4.62. The predicted molar refractivity (Wildman–Crippen MR) is 106 cm³/mol. The molecular formula is C18H31N3O3S. The van der Waals surface area contributed by atoms with Crippen LogP contribution in [-0.4, -0.2) is 56.5 Å². The summed E-state index contributed by atoms with van der Waals surface area (Å²) in [5, 5.41) is 15.5. The largest absolute Gasteiger partial charge is 0.493 e. The summed E-state index contributed by atoms with van der Waals surface area (Å²) in [5.41, 5.74) is 1.03. The lowest BCUT2D eigenvalue weighted by molar-refractivity contribution is 0.196. The van der Waals surface area contributed by atoms with E-state index in [0.29, 0.717) is 18.0 Å². The minimum atomic E-state index is -0.0239. The Bertz CT molecular complexity index is 512. The van der Waals surface area contributed by atoms with E-state index < -0.39 is 0 Å². The summed E-state index contributed by atoms with van der Waals surface area (Å²) in [7, 11) is 1.61. The average Bonchev–Trinajstić information content (AvgIpc) is 2.64. The number of aliphatic hydroxyl groups is 1. The normalized spacial score (nSPS) is 11.3.